The van der Waals surface area contributed by atoms with Crippen molar-refractivity contribution in [2.45, 2.75) is 5.25 Å². The van der Waals surface area contributed by atoms with Crippen LogP contribution < -0.4 is 5.73 Å². The van der Waals surface area contributed by atoms with Gasteiger partial charge in [0.25, 0.3) is 5.89 Å². The number of aromatic nitrogens is 2. The summed E-state index contributed by atoms with van der Waals surface area (Å²) < 4.78 is 5.32. The topological polar surface area (TPSA) is 64.9 Å². The number of para-hydroxylation sites is 1. The minimum Gasteiger partial charge on any atom is -0.397 e. The first kappa shape index (κ1) is 13.1. The van der Waals surface area contributed by atoms with Gasteiger partial charge in [0, 0.05) is 17.3 Å². The standard InChI is InChI=1S/C12H12ClN3OS2/c13-8-3-1-2-7(10(8)14)12-15-11(16-17-12)9-6-18-4-5-19-9/h1-3,9H,4-6,14H2. The summed E-state index contributed by atoms with van der Waals surface area (Å²) in [5, 5.41) is 4.87. The minimum absolute atomic E-state index is 0.302. The second-order valence-electron chi connectivity index (χ2n) is 4.09. The van der Waals surface area contributed by atoms with Gasteiger partial charge in [0.05, 0.1) is 21.5 Å². The number of thioether (sulfide) groups is 2. The highest BCUT2D eigenvalue weighted by molar-refractivity contribution is 8.06. The highest BCUT2D eigenvalue weighted by atomic mass is 35.5. The molecule has 0 radical (unpaired) electrons. The smallest absolute Gasteiger partial charge is 0.260 e. The number of nitrogens with two attached hydrogens (primary N) is 1. The second-order valence-corrected chi connectivity index (χ2v) is 6.96. The fraction of sp³-hybridized carbons (Fsp3) is 0.333. The van der Waals surface area contributed by atoms with E-state index in [1.807, 2.05) is 35.7 Å². The molecule has 1 aliphatic heterocycles. The van der Waals surface area contributed by atoms with E-state index in [1.165, 1.54) is 5.75 Å². The lowest BCUT2D eigenvalue weighted by molar-refractivity contribution is 0.423. The lowest BCUT2D eigenvalue weighted by atomic mass is 10.2. The zero-order valence-corrected chi connectivity index (χ0v) is 12.4. The molecule has 3 rings (SSSR count). The van der Waals surface area contributed by atoms with Gasteiger partial charge in [0.1, 0.15) is 0 Å². The van der Waals surface area contributed by atoms with Crippen molar-refractivity contribution >= 4 is 40.8 Å². The Bertz CT molecular complexity index is 584. The molecule has 0 saturated carbocycles. The molecule has 7 heteroatoms. The number of rotatable bonds is 2. The van der Waals surface area contributed by atoms with Gasteiger partial charge in [-0.05, 0) is 12.1 Å². The molecule has 0 amide bonds. The Hall–Kier alpha value is -0.850. The van der Waals surface area contributed by atoms with Gasteiger partial charge in [0.2, 0.25) is 0 Å². The Kier molecular flexibility index (Phi) is 3.91. The largest absolute Gasteiger partial charge is 0.397 e. The summed E-state index contributed by atoms with van der Waals surface area (Å²) >= 11 is 9.79. The Labute approximate surface area is 124 Å². The van der Waals surface area contributed by atoms with E-state index in [4.69, 9.17) is 21.9 Å². The van der Waals surface area contributed by atoms with Gasteiger partial charge >= 0.3 is 0 Å². The van der Waals surface area contributed by atoms with E-state index < -0.39 is 0 Å². The molecule has 0 aliphatic carbocycles. The van der Waals surface area contributed by atoms with Gasteiger partial charge < -0.3 is 10.3 Å². The zero-order valence-electron chi connectivity index (χ0n) is 10.0. The Morgan fingerprint density at radius 3 is 3.05 bits per heavy atom. The Balaban J connectivity index is 1.90. The molecule has 100 valence electrons. The summed E-state index contributed by atoms with van der Waals surface area (Å²) in [6.07, 6.45) is 0. The molecule has 1 aromatic heterocycles. The van der Waals surface area contributed by atoms with E-state index in [0.29, 0.717) is 27.4 Å². The van der Waals surface area contributed by atoms with Crippen molar-refractivity contribution in [2.75, 3.05) is 23.0 Å². The molecule has 2 N–H and O–H groups in total. The molecule has 1 aromatic carbocycles. The SMILES string of the molecule is Nc1c(Cl)cccc1-c1nc(C2CSCCS2)no1. The number of nitrogen functional groups attached to an aromatic ring is 1. The maximum absolute atomic E-state index is 6.00. The zero-order chi connectivity index (χ0) is 13.2. The van der Waals surface area contributed by atoms with Crippen molar-refractivity contribution in [1.82, 2.24) is 10.1 Å². The van der Waals surface area contributed by atoms with Crippen LogP contribution in [-0.2, 0) is 0 Å². The Morgan fingerprint density at radius 1 is 1.37 bits per heavy atom. The number of halogens is 1. The van der Waals surface area contributed by atoms with Crippen molar-refractivity contribution in [1.29, 1.82) is 0 Å². The van der Waals surface area contributed by atoms with E-state index in [0.717, 1.165) is 17.3 Å². The van der Waals surface area contributed by atoms with Gasteiger partial charge in [0.15, 0.2) is 5.82 Å². The third kappa shape index (κ3) is 2.70. The van der Waals surface area contributed by atoms with Crippen molar-refractivity contribution in [3.05, 3.63) is 29.0 Å². The van der Waals surface area contributed by atoms with Crippen LogP contribution in [0.25, 0.3) is 11.5 Å². The molecule has 0 spiro atoms. The molecule has 0 bridgehead atoms. The maximum atomic E-state index is 6.00. The van der Waals surface area contributed by atoms with E-state index in [1.54, 1.807) is 6.07 Å². The molecule has 4 nitrogen and oxygen atoms in total. The number of hydrogen-bond donors (Lipinski definition) is 1. The first-order valence-corrected chi connectivity index (χ1v) is 8.41. The molecular formula is C12H12ClN3OS2. The van der Waals surface area contributed by atoms with Crippen LogP contribution in [-0.4, -0.2) is 27.4 Å². The predicted octanol–water partition coefficient (Wildman–Crippen LogP) is 3.49. The summed E-state index contributed by atoms with van der Waals surface area (Å²) in [6, 6.07) is 5.40. The quantitative estimate of drug-likeness (QED) is 0.856. The fourth-order valence-electron chi connectivity index (χ4n) is 1.84. The van der Waals surface area contributed by atoms with Crippen LogP contribution in [0.4, 0.5) is 5.69 Å². The van der Waals surface area contributed by atoms with E-state index in [2.05, 4.69) is 10.1 Å². The molecule has 2 aromatic rings. The summed E-state index contributed by atoms with van der Waals surface area (Å²) in [4.78, 5) is 4.46. The number of benzene rings is 1. The van der Waals surface area contributed by atoms with E-state index in [9.17, 15) is 0 Å². The van der Waals surface area contributed by atoms with Crippen LogP contribution in [0.5, 0.6) is 0 Å². The highest BCUT2D eigenvalue weighted by Crippen LogP contribution is 2.37. The van der Waals surface area contributed by atoms with Gasteiger partial charge in [-0.2, -0.15) is 16.7 Å². The minimum atomic E-state index is 0.302. The van der Waals surface area contributed by atoms with Gasteiger partial charge in [-0.15, -0.1) is 11.8 Å². The molecule has 1 fully saturated rings. The normalized spacial score (nSPS) is 19.5. The number of nitrogens with zero attached hydrogens (tertiary/aromatic N) is 2. The molecular weight excluding hydrogens is 302 g/mol. The third-order valence-electron chi connectivity index (χ3n) is 2.83. The highest BCUT2D eigenvalue weighted by Gasteiger charge is 2.23. The molecule has 19 heavy (non-hydrogen) atoms. The molecule has 1 saturated heterocycles. The second kappa shape index (κ2) is 5.64. The molecule has 1 atom stereocenters. The van der Waals surface area contributed by atoms with Crippen LogP contribution in [0, 0.1) is 0 Å². The molecule has 2 heterocycles. The number of anilines is 1. The average Bonchev–Trinajstić information content (AvgIpc) is 2.92. The molecule has 1 aliphatic rings. The van der Waals surface area contributed by atoms with Gasteiger partial charge in [-0.3, -0.25) is 0 Å². The average molecular weight is 314 g/mol. The van der Waals surface area contributed by atoms with Crippen LogP contribution in [0.1, 0.15) is 11.1 Å². The number of hydrogen-bond acceptors (Lipinski definition) is 6. The van der Waals surface area contributed by atoms with Crippen LogP contribution in [0.3, 0.4) is 0 Å². The van der Waals surface area contributed by atoms with Crippen LogP contribution in [0.15, 0.2) is 22.7 Å². The lowest BCUT2D eigenvalue weighted by Crippen LogP contribution is -2.07. The van der Waals surface area contributed by atoms with Gasteiger partial charge in [-0.25, -0.2) is 0 Å². The first-order chi connectivity index (χ1) is 9.25. The first-order valence-electron chi connectivity index (χ1n) is 5.83. The van der Waals surface area contributed by atoms with Crippen LogP contribution in [0.2, 0.25) is 5.02 Å². The fourth-order valence-corrected chi connectivity index (χ4v) is 4.60. The summed E-state index contributed by atoms with van der Waals surface area (Å²) in [5.74, 6) is 4.51. The van der Waals surface area contributed by atoms with Crippen molar-refractivity contribution in [3.63, 3.8) is 0 Å². The van der Waals surface area contributed by atoms with Crippen molar-refractivity contribution < 1.29 is 4.52 Å². The lowest BCUT2D eigenvalue weighted by Gasteiger charge is -2.16. The predicted molar refractivity (Wildman–Crippen MR) is 81.7 cm³/mol. The monoisotopic (exact) mass is 313 g/mol. The summed E-state index contributed by atoms with van der Waals surface area (Å²) in [5.41, 5.74) is 7.10. The summed E-state index contributed by atoms with van der Waals surface area (Å²) in [6.45, 7) is 0. The van der Waals surface area contributed by atoms with E-state index >= 15 is 0 Å². The van der Waals surface area contributed by atoms with Crippen LogP contribution >= 0.6 is 35.1 Å². The third-order valence-corrected chi connectivity index (χ3v) is 5.91. The maximum Gasteiger partial charge on any atom is 0.260 e. The summed E-state index contributed by atoms with van der Waals surface area (Å²) in [7, 11) is 0. The van der Waals surface area contributed by atoms with Crippen molar-refractivity contribution in [2.24, 2.45) is 0 Å². The van der Waals surface area contributed by atoms with Crippen molar-refractivity contribution in [3.8, 4) is 11.5 Å². The Morgan fingerprint density at radius 2 is 2.26 bits per heavy atom. The molecule has 1 unspecified atom stereocenters. The van der Waals surface area contributed by atoms with Gasteiger partial charge in [-0.1, -0.05) is 22.8 Å². The van der Waals surface area contributed by atoms with E-state index in [-0.39, 0.29) is 0 Å².